The van der Waals surface area contributed by atoms with E-state index in [9.17, 15) is 10.2 Å². The van der Waals surface area contributed by atoms with Crippen molar-refractivity contribution in [3.63, 3.8) is 0 Å². The van der Waals surface area contributed by atoms with Crippen LogP contribution in [0.1, 0.15) is 30.5 Å². The average molecular weight is 414 g/mol. The first-order valence-electron chi connectivity index (χ1n) is 10.3. The maximum Gasteiger partial charge on any atom is 0.167 e. The lowest BCUT2D eigenvalue weighted by atomic mass is 10.0. The molecule has 31 heavy (non-hydrogen) atoms. The van der Waals surface area contributed by atoms with Crippen LogP contribution in [0.25, 0.3) is 34.2 Å². The van der Waals surface area contributed by atoms with E-state index in [4.69, 9.17) is 4.98 Å². The zero-order chi connectivity index (χ0) is 22.5. The van der Waals surface area contributed by atoms with E-state index in [2.05, 4.69) is 16.0 Å². The Morgan fingerprint density at radius 2 is 1.13 bits per heavy atom. The minimum atomic E-state index is -0.0847. The van der Waals surface area contributed by atoms with E-state index in [1.165, 1.54) is 12.1 Å². The van der Waals surface area contributed by atoms with Crippen LogP contribution in [0.15, 0.2) is 60.7 Å². The van der Waals surface area contributed by atoms with Crippen molar-refractivity contribution in [1.29, 1.82) is 0 Å². The number of hydrogen-bond acceptors (Lipinski definition) is 5. The highest BCUT2D eigenvalue weighted by Gasteiger charge is 2.16. The second kappa shape index (κ2) is 9.39. The Labute approximate surface area is 183 Å². The molecule has 0 spiro atoms. The lowest BCUT2D eigenvalue weighted by Crippen LogP contribution is -2.02. The molecular weight excluding hydrogens is 386 g/mol. The Hall–Kier alpha value is -3.73. The number of aryl methyl sites for hydroxylation is 3. The van der Waals surface area contributed by atoms with Gasteiger partial charge in [-0.3, -0.25) is 0 Å². The smallest absolute Gasteiger partial charge is 0.167 e. The fourth-order valence-corrected chi connectivity index (χ4v) is 3.33. The summed E-state index contributed by atoms with van der Waals surface area (Å²) in [4.78, 5) is 14.0. The number of aromatic hydroxyl groups is 2. The molecule has 0 unspecified atom stereocenters. The summed E-state index contributed by atoms with van der Waals surface area (Å²) in [6.07, 6.45) is 0. The quantitative estimate of drug-likeness (QED) is 0.416. The van der Waals surface area contributed by atoms with Gasteiger partial charge >= 0.3 is 0 Å². The van der Waals surface area contributed by atoms with Gasteiger partial charge in [-0.2, -0.15) is 0 Å². The van der Waals surface area contributed by atoms with Gasteiger partial charge in [-0.1, -0.05) is 61.9 Å². The molecule has 0 atom stereocenters. The lowest BCUT2D eigenvalue weighted by molar-refractivity contribution is 0.451. The van der Waals surface area contributed by atoms with E-state index in [1.807, 2.05) is 71.0 Å². The third kappa shape index (κ3) is 4.72. The molecular formula is C26H27N3O2. The van der Waals surface area contributed by atoms with Gasteiger partial charge in [-0.15, -0.1) is 0 Å². The Kier molecular flexibility index (Phi) is 6.65. The van der Waals surface area contributed by atoms with Gasteiger partial charge in [0, 0.05) is 17.2 Å². The summed E-state index contributed by atoms with van der Waals surface area (Å²) in [7, 11) is 0. The number of benzene rings is 3. The van der Waals surface area contributed by atoms with Crippen LogP contribution >= 0.6 is 0 Å². The van der Waals surface area contributed by atoms with Crippen LogP contribution in [0, 0.1) is 20.8 Å². The first kappa shape index (κ1) is 22.0. The van der Waals surface area contributed by atoms with Gasteiger partial charge in [-0.25, -0.2) is 15.0 Å². The maximum absolute atomic E-state index is 10.4. The highest BCUT2D eigenvalue weighted by atomic mass is 16.3. The molecule has 0 aliphatic carbocycles. The molecule has 4 aromatic rings. The summed E-state index contributed by atoms with van der Waals surface area (Å²) in [5.41, 5.74) is 5.52. The summed E-state index contributed by atoms with van der Waals surface area (Å²) < 4.78 is 0. The largest absolute Gasteiger partial charge is 0.508 e. The Bertz CT molecular complexity index is 1150. The SMILES string of the molecule is CC.Cc1ccc(-c2nc(-c3ccccc3C)nc(-c3ccc(O)cc3O)n2)c(C)c1. The molecule has 0 bridgehead atoms. The van der Waals surface area contributed by atoms with Gasteiger partial charge in [0.1, 0.15) is 11.5 Å². The van der Waals surface area contributed by atoms with Crippen molar-refractivity contribution in [3.05, 3.63) is 77.4 Å². The zero-order valence-electron chi connectivity index (χ0n) is 18.5. The molecule has 5 heteroatoms. The van der Waals surface area contributed by atoms with E-state index in [0.717, 1.165) is 27.8 Å². The van der Waals surface area contributed by atoms with Crippen LogP contribution in [0.5, 0.6) is 11.5 Å². The van der Waals surface area contributed by atoms with E-state index in [1.54, 1.807) is 6.07 Å². The normalized spacial score (nSPS) is 10.4. The predicted octanol–water partition coefficient (Wildman–Crippen LogP) is 6.24. The second-order valence-corrected chi connectivity index (χ2v) is 7.14. The third-order valence-electron chi connectivity index (χ3n) is 4.87. The van der Waals surface area contributed by atoms with Gasteiger partial charge in [0.15, 0.2) is 17.5 Å². The van der Waals surface area contributed by atoms with Gasteiger partial charge < -0.3 is 10.2 Å². The van der Waals surface area contributed by atoms with Crippen LogP contribution in [0.4, 0.5) is 0 Å². The van der Waals surface area contributed by atoms with E-state index < -0.39 is 0 Å². The van der Waals surface area contributed by atoms with Crippen molar-refractivity contribution in [3.8, 4) is 45.7 Å². The van der Waals surface area contributed by atoms with Crippen LogP contribution in [-0.4, -0.2) is 25.2 Å². The highest BCUT2D eigenvalue weighted by Crippen LogP contribution is 2.33. The average Bonchev–Trinajstić information content (AvgIpc) is 2.75. The highest BCUT2D eigenvalue weighted by molar-refractivity contribution is 5.72. The molecule has 1 heterocycles. The second-order valence-electron chi connectivity index (χ2n) is 7.14. The molecule has 0 radical (unpaired) electrons. The molecule has 0 saturated heterocycles. The molecule has 0 amide bonds. The van der Waals surface area contributed by atoms with Gasteiger partial charge in [0.05, 0.1) is 5.56 Å². The summed E-state index contributed by atoms with van der Waals surface area (Å²) in [6, 6.07) is 18.4. The number of phenols is 2. The monoisotopic (exact) mass is 413 g/mol. The summed E-state index contributed by atoms with van der Waals surface area (Å²) in [5.74, 6) is 1.33. The van der Waals surface area contributed by atoms with Crippen molar-refractivity contribution in [1.82, 2.24) is 15.0 Å². The molecule has 1 aromatic heterocycles. The Balaban J connectivity index is 0.00000132. The summed E-state index contributed by atoms with van der Waals surface area (Å²) in [5, 5.41) is 20.0. The molecule has 2 N–H and O–H groups in total. The fraction of sp³-hybridized carbons (Fsp3) is 0.192. The minimum Gasteiger partial charge on any atom is -0.508 e. The molecule has 3 aromatic carbocycles. The Morgan fingerprint density at radius 3 is 1.71 bits per heavy atom. The molecule has 0 fully saturated rings. The van der Waals surface area contributed by atoms with Crippen molar-refractivity contribution < 1.29 is 10.2 Å². The molecule has 158 valence electrons. The first-order valence-corrected chi connectivity index (χ1v) is 10.3. The predicted molar refractivity (Wildman–Crippen MR) is 125 cm³/mol. The van der Waals surface area contributed by atoms with Crippen LogP contribution in [0.2, 0.25) is 0 Å². The summed E-state index contributed by atoms with van der Waals surface area (Å²) in [6.45, 7) is 10.1. The standard InChI is InChI=1S/C24H21N3O2.C2H6/c1-14-8-10-19(16(3)12-14)23-25-22(18-7-5-4-6-15(18)2)26-24(27-23)20-11-9-17(28)13-21(20)29;1-2/h4-13,28-29H,1-3H3;1-2H3. The lowest BCUT2D eigenvalue weighted by Gasteiger charge is -2.12. The van der Waals surface area contributed by atoms with Crippen LogP contribution in [-0.2, 0) is 0 Å². The minimum absolute atomic E-state index is 0.0194. The molecule has 5 nitrogen and oxygen atoms in total. The van der Waals surface area contributed by atoms with Crippen molar-refractivity contribution in [2.24, 2.45) is 0 Å². The number of nitrogens with zero attached hydrogens (tertiary/aromatic N) is 3. The van der Waals surface area contributed by atoms with E-state index in [0.29, 0.717) is 23.0 Å². The number of hydrogen-bond donors (Lipinski definition) is 2. The van der Waals surface area contributed by atoms with E-state index >= 15 is 0 Å². The molecule has 0 saturated carbocycles. The molecule has 0 aliphatic heterocycles. The van der Waals surface area contributed by atoms with Crippen LogP contribution in [0.3, 0.4) is 0 Å². The number of aromatic nitrogens is 3. The number of phenolic OH excluding ortho intramolecular Hbond substituents is 2. The molecule has 4 rings (SSSR count). The van der Waals surface area contributed by atoms with Crippen molar-refractivity contribution in [2.75, 3.05) is 0 Å². The van der Waals surface area contributed by atoms with Crippen LogP contribution < -0.4 is 0 Å². The Morgan fingerprint density at radius 1 is 0.581 bits per heavy atom. The van der Waals surface area contributed by atoms with Gasteiger partial charge in [0.2, 0.25) is 0 Å². The van der Waals surface area contributed by atoms with Crippen molar-refractivity contribution in [2.45, 2.75) is 34.6 Å². The molecule has 0 aliphatic rings. The zero-order valence-corrected chi connectivity index (χ0v) is 18.5. The fourth-order valence-electron chi connectivity index (χ4n) is 3.33. The van der Waals surface area contributed by atoms with Crippen molar-refractivity contribution >= 4 is 0 Å². The maximum atomic E-state index is 10.4. The summed E-state index contributed by atoms with van der Waals surface area (Å²) >= 11 is 0. The topological polar surface area (TPSA) is 79.1 Å². The van der Waals surface area contributed by atoms with Gasteiger partial charge in [0.25, 0.3) is 0 Å². The number of rotatable bonds is 3. The first-order chi connectivity index (χ1) is 14.9. The van der Waals surface area contributed by atoms with E-state index in [-0.39, 0.29) is 11.5 Å². The third-order valence-corrected chi connectivity index (χ3v) is 4.87. The van der Waals surface area contributed by atoms with Gasteiger partial charge in [-0.05, 0) is 44.0 Å².